The Morgan fingerprint density at radius 3 is 3.19 bits per heavy atom. The summed E-state index contributed by atoms with van der Waals surface area (Å²) in [6.45, 7) is 1.55. The lowest BCUT2D eigenvalue weighted by atomic mass is 10.2. The number of amides is 1. The number of thioether (sulfide) groups is 1. The van der Waals surface area contributed by atoms with E-state index in [9.17, 15) is 4.79 Å². The van der Waals surface area contributed by atoms with Gasteiger partial charge in [-0.05, 0) is 18.6 Å². The molecular formula is C11H14ClNO2S. The number of carbonyl (C=O) groups excluding carboxylic acids is 1. The summed E-state index contributed by atoms with van der Waals surface area (Å²) in [6, 6.07) is 3.90. The summed E-state index contributed by atoms with van der Waals surface area (Å²) in [5.74, 6) is 2.05. The molecule has 0 spiro atoms. The van der Waals surface area contributed by atoms with Crippen LogP contribution in [0.1, 0.15) is 17.4 Å². The molecule has 0 bridgehead atoms. The summed E-state index contributed by atoms with van der Waals surface area (Å²) in [7, 11) is 0. The number of hydrogen-bond donors (Lipinski definition) is 0. The first-order valence-electron chi connectivity index (χ1n) is 5.30. The topological polar surface area (TPSA) is 33.5 Å². The van der Waals surface area contributed by atoms with E-state index in [1.807, 2.05) is 28.8 Å². The molecular weight excluding hydrogens is 246 g/mol. The van der Waals surface area contributed by atoms with Crippen LogP contribution >= 0.6 is 23.4 Å². The quantitative estimate of drug-likeness (QED) is 0.766. The van der Waals surface area contributed by atoms with E-state index < -0.39 is 0 Å². The zero-order chi connectivity index (χ0) is 11.4. The normalized spacial score (nSPS) is 21.8. The Morgan fingerprint density at radius 1 is 1.62 bits per heavy atom. The smallest absolute Gasteiger partial charge is 0.237 e. The van der Waals surface area contributed by atoms with Gasteiger partial charge in [0.2, 0.25) is 5.91 Å². The Kier molecular flexibility index (Phi) is 4.18. The molecule has 1 aliphatic rings. The predicted molar refractivity (Wildman–Crippen MR) is 65.8 cm³/mol. The first kappa shape index (κ1) is 11.9. The number of halogens is 1. The molecule has 1 amide bonds. The molecule has 1 aliphatic heterocycles. The summed E-state index contributed by atoms with van der Waals surface area (Å²) in [5, 5.41) is 0.364. The Bertz CT molecular complexity index is 342. The fourth-order valence-corrected chi connectivity index (χ4v) is 3.16. The third-order valence-corrected chi connectivity index (χ3v) is 4.19. The number of hydrogen-bond acceptors (Lipinski definition) is 3. The van der Waals surface area contributed by atoms with Gasteiger partial charge in [-0.1, -0.05) is 0 Å². The summed E-state index contributed by atoms with van der Waals surface area (Å²) < 4.78 is 5.40. The van der Waals surface area contributed by atoms with Gasteiger partial charge in [0.15, 0.2) is 0 Å². The summed E-state index contributed by atoms with van der Waals surface area (Å²) in [6.07, 6.45) is 2.63. The van der Waals surface area contributed by atoms with Gasteiger partial charge in [-0.2, -0.15) is 0 Å². The lowest BCUT2D eigenvalue weighted by Gasteiger charge is -2.18. The highest BCUT2D eigenvalue weighted by Gasteiger charge is 2.22. The van der Waals surface area contributed by atoms with Crippen molar-refractivity contribution in [2.45, 2.75) is 11.7 Å². The predicted octanol–water partition coefficient (Wildman–Crippen LogP) is 2.53. The molecule has 5 heteroatoms. The second-order valence-electron chi connectivity index (χ2n) is 3.68. The van der Waals surface area contributed by atoms with E-state index >= 15 is 0 Å². The van der Waals surface area contributed by atoms with E-state index in [0.717, 1.165) is 31.0 Å². The van der Waals surface area contributed by atoms with Gasteiger partial charge in [0.05, 0.1) is 11.5 Å². The van der Waals surface area contributed by atoms with Gasteiger partial charge in [0, 0.05) is 18.8 Å². The summed E-state index contributed by atoms with van der Waals surface area (Å²) >= 11 is 7.40. The zero-order valence-corrected chi connectivity index (χ0v) is 10.5. The van der Waals surface area contributed by atoms with Gasteiger partial charge < -0.3 is 9.32 Å². The molecule has 1 saturated heterocycles. The maximum atomic E-state index is 11.5. The van der Waals surface area contributed by atoms with E-state index in [-0.39, 0.29) is 11.8 Å². The molecule has 3 nitrogen and oxygen atoms in total. The van der Waals surface area contributed by atoms with Gasteiger partial charge in [0.25, 0.3) is 0 Å². The minimum absolute atomic E-state index is 0.0300. The van der Waals surface area contributed by atoms with Crippen LogP contribution < -0.4 is 0 Å². The highest BCUT2D eigenvalue weighted by molar-refractivity contribution is 7.99. The van der Waals surface area contributed by atoms with Gasteiger partial charge in [0.1, 0.15) is 11.6 Å². The largest absolute Gasteiger partial charge is 0.468 e. The molecule has 0 aliphatic carbocycles. The van der Waals surface area contributed by atoms with E-state index in [1.165, 1.54) is 0 Å². The summed E-state index contributed by atoms with van der Waals surface area (Å²) in [5.41, 5.74) is 0. The monoisotopic (exact) mass is 259 g/mol. The van der Waals surface area contributed by atoms with E-state index in [2.05, 4.69) is 0 Å². The first-order chi connectivity index (χ1) is 7.81. The van der Waals surface area contributed by atoms with Crippen LogP contribution in [0, 0.1) is 0 Å². The third-order valence-electron chi connectivity index (χ3n) is 2.67. The molecule has 1 aromatic rings. The molecule has 1 aromatic heterocycles. The molecule has 1 fully saturated rings. The number of carbonyl (C=O) groups is 1. The number of rotatable bonds is 2. The van der Waals surface area contributed by atoms with Crippen molar-refractivity contribution < 1.29 is 9.21 Å². The molecule has 2 heterocycles. The van der Waals surface area contributed by atoms with Gasteiger partial charge >= 0.3 is 0 Å². The molecule has 0 aromatic carbocycles. The highest BCUT2D eigenvalue weighted by atomic mass is 35.5. The van der Waals surface area contributed by atoms with E-state index in [1.54, 1.807) is 6.26 Å². The van der Waals surface area contributed by atoms with Crippen LogP contribution in [0.3, 0.4) is 0 Å². The molecule has 88 valence electrons. The van der Waals surface area contributed by atoms with Gasteiger partial charge in [-0.25, -0.2) is 0 Å². The number of alkyl halides is 1. The van der Waals surface area contributed by atoms with Crippen molar-refractivity contribution in [2.24, 2.45) is 0 Å². The fourth-order valence-electron chi connectivity index (χ4n) is 1.81. The van der Waals surface area contributed by atoms with E-state index in [0.29, 0.717) is 5.25 Å². The maximum Gasteiger partial charge on any atom is 0.237 e. The number of furan rings is 1. The van der Waals surface area contributed by atoms with Crippen LogP contribution in [0.4, 0.5) is 0 Å². The SMILES string of the molecule is O=C(CCl)N1CCSC(c2ccco2)CC1. The average Bonchev–Trinajstić information content (AvgIpc) is 2.73. The summed E-state index contributed by atoms with van der Waals surface area (Å²) in [4.78, 5) is 13.3. The molecule has 0 saturated carbocycles. The Balaban J connectivity index is 1.96. The third kappa shape index (κ3) is 2.74. The van der Waals surface area contributed by atoms with Crippen LogP contribution in [-0.4, -0.2) is 35.5 Å². The van der Waals surface area contributed by atoms with Crippen molar-refractivity contribution in [1.82, 2.24) is 4.90 Å². The Morgan fingerprint density at radius 2 is 2.50 bits per heavy atom. The Labute approximate surface area is 104 Å². The zero-order valence-electron chi connectivity index (χ0n) is 8.89. The molecule has 0 N–H and O–H groups in total. The highest BCUT2D eigenvalue weighted by Crippen LogP contribution is 2.34. The second-order valence-corrected chi connectivity index (χ2v) is 5.26. The van der Waals surface area contributed by atoms with Crippen LogP contribution in [-0.2, 0) is 4.79 Å². The molecule has 16 heavy (non-hydrogen) atoms. The fraction of sp³-hybridized carbons (Fsp3) is 0.545. The first-order valence-corrected chi connectivity index (χ1v) is 6.88. The standard InChI is InChI=1S/C11H14ClNO2S/c12-8-11(14)13-4-3-10(16-7-5-13)9-2-1-6-15-9/h1-2,6,10H,3-5,7-8H2. The van der Waals surface area contributed by atoms with Crippen molar-refractivity contribution in [1.29, 1.82) is 0 Å². The molecule has 1 unspecified atom stereocenters. The molecule has 0 radical (unpaired) electrons. The molecule has 1 atom stereocenters. The van der Waals surface area contributed by atoms with Gasteiger partial charge in [-0.15, -0.1) is 23.4 Å². The maximum absolute atomic E-state index is 11.5. The van der Waals surface area contributed by atoms with Gasteiger partial charge in [-0.3, -0.25) is 4.79 Å². The minimum Gasteiger partial charge on any atom is -0.468 e. The van der Waals surface area contributed by atoms with Crippen molar-refractivity contribution >= 4 is 29.3 Å². The van der Waals surface area contributed by atoms with Crippen LogP contribution in [0.25, 0.3) is 0 Å². The van der Waals surface area contributed by atoms with Crippen molar-refractivity contribution in [2.75, 3.05) is 24.7 Å². The van der Waals surface area contributed by atoms with Crippen molar-refractivity contribution in [3.05, 3.63) is 24.2 Å². The minimum atomic E-state index is 0.0300. The average molecular weight is 260 g/mol. The lowest BCUT2D eigenvalue weighted by molar-refractivity contribution is -0.128. The van der Waals surface area contributed by atoms with Crippen molar-refractivity contribution in [3.63, 3.8) is 0 Å². The second kappa shape index (κ2) is 5.64. The van der Waals surface area contributed by atoms with Crippen LogP contribution in [0.15, 0.2) is 22.8 Å². The van der Waals surface area contributed by atoms with Crippen molar-refractivity contribution in [3.8, 4) is 0 Å². The van der Waals surface area contributed by atoms with Crippen LogP contribution in [0.5, 0.6) is 0 Å². The molecule has 2 rings (SSSR count). The van der Waals surface area contributed by atoms with Crippen LogP contribution in [0.2, 0.25) is 0 Å². The Hall–Kier alpha value is -0.610. The van der Waals surface area contributed by atoms with E-state index in [4.69, 9.17) is 16.0 Å². The number of nitrogens with zero attached hydrogens (tertiary/aromatic N) is 1. The lowest BCUT2D eigenvalue weighted by Crippen LogP contribution is -2.33.